The molecule has 0 unspecified atom stereocenters. The zero-order chi connectivity index (χ0) is 12.8. The molecule has 2 aromatic rings. The Balaban J connectivity index is 2.07. The average molecular weight is 238 g/mol. The Kier molecular flexibility index (Phi) is 4.02. The molecule has 88 valence electrons. The van der Waals surface area contributed by atoms with Crippen molar-refractivity contribution >= 4 is 13.1 Å². The van der Waals surface area contributed by atoms with Crippen LogP contribution in [0.2, 0.25) is 0 Å². The van der Waals surface area contributed by atoms with Gasteiger partial charge in [0.25, 0.3) is 0 Å². The van der Waals surface area contributed by atoms with Gasteiger partial charge in [0.15, 0.2) is 0 Å². The minimum absolute atomic E-state index is 0.0406. The van der Waals surface area contributed by atoms with E-state index in [-0.39, 0.29) is 5.78 Å². The molecule has 18 heavy (non-hydrogen) atoms. The van der Waals surface area contributed by atoms with Gasteiger partial charge in [-0.2, -0.15) is 0 Å². The second kappa shape index (κ2) is 5.91. The molecular weight excluding hydrogens is 227 g/mol. The normalized spacial score (nSPS) is 9.56. The van der Waals surface area contributed by atoms with E-state index >= 15 is 0 Å². The third kappa shape index (κ3) is 3.14. The van der Waals surface area contributed by atoms with Crippen LogP contribution in [0.3, 0.4) is 0 Å². The number of hydrogen-bond acceptors (Lipinski definition) is 3. The molecule has 0 heterocycles. The number of ketones is 1. The molecule has 0 aromatic heterocycles. The van der Waals surface area contributed by atoms with E-state index in [9.17, 15) is 9.50 Å². The second-order valence-electron chi connectivity index (χ2n) is 3.82. The Hall–Kier alpha value is -2.23. The first-order valence-corrected chi connectivity index (χ1v) is 5.57. The van der Waals surface area contributed by atoms with E-state index in [1.807, 2.05) is 30.3 Å². The Bertz CT molecular complexity index is 535. The van der Waals surface area contributed by atoms with Crippen molar-refractivity contribution in [3.8, 4) is 5.75 Å². The van der Waals surface area contributed by atoms with Crippen LogP contribution in [0.25, 0.3) is 0 Å². The molecular formula is C14H11BO3. The summed E-state index contributed by atoms with van der Waals surface area (Å²) in [6.07, 6.45) is 0.370. The first-order chi connectivity index (χ1) is 8.79. The molecule has 4 heteroatoms. The van der Waals surface area contributed by atoms with Crippen LogP contribution in [0.15, 0.2) is 54.6 Å². The Morgan fingerprint density at radius 1 is 1.00 bits per heavy atom. The van der Waals surface area contributed by atoms with Crippen LogP contribution in [-0.4, -0.2) is 13.1 Å². The van der Waals surface area contributed by atoms with E-state index in [4.69, 9.17) is 0 Å². The van der Waals surface area contributed by atoms with Crippen LogP contribution < -0.4 is 4.65 Å². The van der Waals surface area contributed by atoms with Gasteiger partial charge in [-0.05, 0) is 0 Å². The summed E-state index contributed by atoms with van der Waals surface area (Å²) in [5.41, 5.74) is 1.59. The molecule has 0 aliphatic rings. The van der Waals surface area contributed by atoms with E-state index in [0.717, 1.165) is 5.56 Å². The van der Waals surface area contributed by atoms with Crippen molar-refractivity contribution in [2.24, 2.45) is 0 Å². The first-order valence-electron chi connectivity index (χ1n) is 5.57. The molecule has 0 bridgehead atoms. The van der Waals surface area contributed by atoms with E-state index in [0.29, 0.717) is 25.1 Å². The summed E-state index contributed by atoms with van der Waals surface area (Å²) in [5, 5.41) is 0. The van der Waals surface area contributed by atoms with Gasteiger partial charge in [0, 0.05) is 0 Å². The van der Waals surface area contributed by atoms with Crippen LogP contribution >= 0.6 is 0 Å². The zero-order valence-corrected chi connectivity index (χ0v) is 9.71. The van der Waals surface area contributed by atoms with Crippen LogP contribution in [0.5, 0.6) is 5.75 Å². The van der Waals surface area contributed by atoms with Gasteiger partial charge >= 0.3 is 105 Å². The standard InChI is InChI=1S/C14H11BO3/c16-14(10-11-4-2-1-3-5-11)12-6-8-13(9-7-12)18-15-17/h1-9H,10H2. The predicted octanol–water partition coefficient (Wildman–Crippen LogP) is 2.46. The van der Waals surface area contributed by atoms with Crippen molar-refractivity contribution < 1.29 is 14.2 Å². The summed E-state index contributed by atoms with van der Waals surface area (Å²) in [6, 6.07) is 16.1. The molecule has 0 aliphatic carbocycles. The van der Waals surface area contributed by atoms with Crippen molar-refractivity contribution in [2.75, 3.05) is 0 Å². The van der Waals surface area contributed by atoms with Gasteiger partial charge in [-0.1, -0.05) is 0 Å². The summed E-state index contributed by atoms with van der Waals surface area (Å²) < 4.78 is 14.8. The van der Waals surface area contributed by atoms with Gasteiger partial charge < -0.3 is 0 Å². The predicted molar refractivity (Wildman–Crippen MR) is 68.0 cm³/mol. The number of benzene rings is 2. The quantitative estimate of drug-likeness (QED) is 0.593. The fraction of sp³-hybridized carbons (Fsp3) is 0.0714. The van der Waals surface area contributed by atoms with Crippen LogP contribution in [0.1, 0.15) is 15.9 Å². The number of carbonyl (C=O) groups is 1. The zero-order valence-electron chi connectivity index (χ0n) is 9.71. The van der Waals surface area contributed by atoms with Crippen LogP contribution in [0, 0.1) is 0 Å². The van der Waals surface area contributed by atoms with E-state index in [2.05, 4.69) is 4.65 Å². The van der Waals surface area contributed by atoms with Crippen molar-refractivity contribution in [1.29, 1.82) is 0 Å². The Morgan fingerprint density at radius 2 is 1.67 bits per heavy atom. The average Bonchev–Trinajstić information content (AvgIpc) is 2.41. The molecule has 0 N–H and O–H groups in total. The van der Waals surface area contributed by atoms with Gasteiger partial charge in [-0.25, -0.2) is 0 Å². The van der Waals surface area contributed by atoms with Gasteiger partial charge in [0.1, 0.15) is 0 Å². The van der Waals surface area contributed by atoms with Gasteiger partial charge in [0.05, 0.1) is 0 Å². The summed E-state index contributed by atoms with van der Waals surface area (Å²) in [6.45, 7) is 0. The molecule has 3 nitrogen and oxygen atoms in total. The molecule has 0 spiro atoms. The van der Waals surface area contributed by atoms with Crippen LogP contribution in [-0.2, 0) is 11.1 Å². The van der Waals surface area contributed by atoms with Gasteiger partial charge in [-0.15, -0.1) is 0 Å². The van der Waals surface area contributed by atoms with E-state index < -0.39 is 0 Å². The van der Waals surface area contributed by atoms with E-state index in [1.165, 1.54) is 0 Å². The molecule has 0 fully saturated rings. The maximum atomic E-state index is 12.0. The summed E-state index contributed by atoms with van der Waals surface area (Å²) in [7, 11) is 0.362. The summed E-state index contributed by atoms with van der Waals surface area (Å²) >= 11 is 0. The topological polar surface area (TPSA) is 43.4 Å². The second-order valence-corrected chi connectivity index (χ2v) is 3.82. The summed E-state index contributed by atoms with van der Waals surface area (Å²) in [5.74, 6) is 0.472. The third-order valence-electron chi connectivity index (χ3n) is 2.57. The molecule has 0 saturated carbocycles. The number of rotatable bonds is 5. The fourth-order valence-electron chi connectivity index (χ4n) is 1.66. The maximum absolute atomic E-state index is 12.0. The molecule has 0 aliphatic heterocycles. The molecule has 2 aromatic carbocycles. The third-order valence-corrected chi connectivity index (χ3v) is 2.57. The van der Waals surface area contributed by atoms with E-state index in [1.54, 1.807) is 24.3 Å². The summed E-state index contributed by atoms with van der Waals surface area (Å²) in [4.78, 5) is 12.0. The van der Waals surface area contributed by atoms with Crippen molar-refractivity contribution in [2.45, 2.75) is 6.42 Å². The monoisotopic (exact) mass is 238 g/mol. The Labute approximate surface area is 106 Å². The molecule has 2 rings (SSSR count). The fourth-order valence-corrected chi connectivity index (χ4v) is 1.66. The van der Waals surface area contributed by atoms with Crippen LogP contribution in [0.4, 0.5) is 0 Å². The Morgan fingerprint density at radius 3 is 2.28 bits per heavy atom. The van der Waals surface area contributed by atoms with Crippen molar-refractivity contribution in [3.05, 3.63) is 65.7 Å². The van der Waals surface area contributed by atoms with Gasteiger partial charge in [-0.3, -0.25) is 0 Å². The molecule has 0 saturated heterocycles. The van der Waals surface area contributed by atoms with Gasteiger partial charge in [0.2, 0.25) is 0 Å². The molecule has 0 amide bonds. The molecule has 0 atom stereocenters. The SMILES string of the molecule is O=BOc1ccc(C(=O)Cc2ccccc2)cc1. The van der Waals surface area contributed by atoms with Crippen molar-refractivity contribution in [3.63, 3.8) is 0 Å². The van der Waals surface area contributed by atoms with Crippen molar-refractivity contribution in [1.82, 2.24) is 0 Å². The number of carbonyl (C=O) groups excluding carboxylic acids is 1. The number of Topliss-reactive ketones (excluding diaryl/α,β-unsaturated/α-hetero) is 1. The molecule has 0 radical (unpaired) electrons. The number of hydrogen-bond donors (Lipinski definition) is 0. The minimum atomic E-state index is 0.0406. The first kappa shape index (κ1) is 12.2.